The Kier molecular flexibility index (Phi) is 4.29. The molecule has 0 bridgehead atoms. The van der Waals surface area contributed by atoms with E-state index in [1.807, 2.05) is 20.8 Å². The van der Waals surface area contributed by atoms with E-state index in [4.69, 9.17) is 0 Å². The summed E-state index contributed by atoms with van der Waals surface area (Å²) in [7, 11) is 2.06. The number of aryl methyl sites for hydroxylation is 2. The molecule has 0 fully saturated rings. The van der Waals surface area contributed by atoms with Crippen molar-refractivity contribution in [1.29, 1.82) is 0 Å². The van der Waals surface area contributed by atoms with Crippen molar-refractivity contribution in [3.05, 3.63) is 17.0 Å². The molecule has 0 aromatic carbocycles. The number of nitrogens with one attached hydrogen (secondary N) is 1. The molecule has 1 unspecified atom stereocenters. The Morgan fingerprint density at radius 3 is 2.60 bits per heavy atom. The van der Waals surface area contributed by atoms with Crippen LogP contribution in [0.1, 0.15) is 30.3 Å². The minimum atomic E-state index is -0.223. The first-order valence-corrected chi connectivity index (χ1v) is 5.37. The molecule has 0 aliphatic rings. The second-order valence-electron chi connectivity index (χ2n) is 4.29. The number of nitrogens with zero attached hydrogens (tertiary/aromatic N) is 2. The van der Waals surface area contributed by atoms with Gasteiger partial charge < -0.3 is 10.0 Å². The minimum absolute atomic E-state index is 0.223. The van der Waals surface area contributed by atoms with Crippen molar-refractivity contribution in [2.75, 3.05) is 13.6 Å². The normalized spacial score (nSPS) is 13.5. The molecule has 0 aliphatic carbocycles. The highest BCUT2D eigenvalue weighted by atomic mass is 16.3. The molecule has 1 rings (SSSR count). The number of aromatic amines is 1. The smallest absolute Gasteiger partial charge is 0.0639 e. The monoisotopic (exact) mass is 211 g/mol. The Labute approximate surface area is 91.3 Å². The fourth-order valence-corrected chi connectivity index (χ4v) is 1.56. The molecule has 0 radical (unpaired) electrons. The number of H-pyrrole nitrogens is 1. The molecule has 0 aliphatic heterocycles. The Bertz CT molecular complexity index is 287. The summed E-state index contributed by atoms with van der Waals surface area (Å²) in [5.41, 5.74) is 3.47. The summed E-state index contributed by atoms with van der Waals surface area (Å²) in [6, 6.07) is 0. The van der Waals surface area contributed by atoms with Crippen LogP contribution in [0.4, 0.5) is 0 Å². The lowest BCUT2D eigenvalue weighted by Crippen LogP contribution is -2.22. The van der Waals surface area contributed by atoms with Gasteiger partial charge in [-0.05, 0) is 34.2 Å². The van der Waals surface area contributed by atoms with Crippen LogP contribution in [0.3, 0.4) is 0 Å². The van der Waals surface area contributed by atoms with E-state index in [9.17, 15) is 5.11 Å². The Morgan fingerprint density at radius 2 is 2.13 bits per heavy atom. The number of hydrogen-bond donors (Lipinski definition) is 2. The van der Waals surface area contributed by atoms with Gasteiger partial charge in [0.1, 0.15) is 0 Å². The van der Waals surface area contributed by atoms with E-state index in [1.165, 1.54) is 5.56 Å². The predicted molar refractivity (Wildman–Crippen MR) is 60.7 cm³/mol. The predicted octanol–water partition coefficient (Wildman–Crippen LogP) is 1.23. The Morgan fingerprint density at radius 1 is 1.47 bits per heavy atom. The van der Waals surface area contributed by atoms with Gasteiger partial charge in [-0.15, -0.1) is 0 Å². The van der Waals surface area contributed by atoms with Gasteiger partial charge in [0.05, 0.1) is 11.8 Å². The van der Waals surface area contributed by atoms with Crippen molar-refractivity contribution in [2.24, 2.45) is 0 Å². The number of hydrogen-bond acceptors (Lipinski definition) is 3. The zero-order valence-corrected chi connectivity index (χ0v) is 10.0. The molecule has 2 N–H and O–H groups in total. The molecule has 0 spiro atoms. The summed E-state index contributed by atoms with van der Waals surface area (Å²) < 4.78 is 0. The van der Waals surface area contributed by atoms with Crippen LogP contribution in [0, 0.1) is 13.8 Å². The molecule has 0 amide bonds. The van der Waals surface area contributed by atoms with E-state index in [0.29, 0.717) is 0 Å². The van der Waals surface area contributed by atoms with Crippen molar-refractivity contribution < 1.29 is 5.11 Å². The standard InChI is InChI=1S/C11H21N3O/c1-8(15)5-6-14(4)7-11-9(2)12-13-10(11)3/h8,15H,5-7H2,1-4H3,(H,12,13). The van der Waals surface area contributed by atoms with Crippen molar-refractivity contribution in [3.8, 4) is 0 Å². The van der Waals surface area contributed by atoms with Crippen molar-refractivity contribution in [2.45, 2.75) is 39.8 Å². The summed E-state index contributed by atoms with van der Waals surface area (Å²) in [4.78, 5) is 2.21. The number of aliphatic hydroxyl groups is 1. The summed E-state index contributed by atoms with van der Waals surface area (Å²) in [5.74, 6) is 0. The maximum atomic E-state index is 9.19. The number of aliphatic hydroxyl groups excluding tert-OH is 1. The molecule has 0 saturated carbocycles. The fraction of sp³-hybridized carbons (Fsp3) is 0.727. The van der Waals surface area contributed by atoms with Crippen LogP contribution in [0.15, 0.2) is 0 Å². The highest BCUT2D eigenvalue weighted by Gasteiger charge is 2.09. The van der Waals surface area contributed by atoms with Crippen LogP contribution in [0.2, 0.25) is 0 Å². The van der Waals surface area contributed by atoms with E-state index < -0.39 is 0 Å². The third kappa shape index (κ3) is 3.64. The van der Waals surface area contributed by atoms with Crippen molar-refractivity contribution >= 4 is 0 Å². The average Bonchev–Trinajstić information content (AvgIpc) is 2.46. The van der Waals surface area contributed by atoms with Crippen LogP contribution >= 0.6 is 0 Å². The molecule has 1 atom stereocenters. The molecular formula is C11H21N3O. The van der Waals surface area contributed by atoms with Crippen molar-refractivity contribution in [3.63, 3.8) is 0 Å². The van der Waals surface area contributed by atoms with E-state index >= 15 is 0 Å². The molecule has 4 heteroatoms. The SMILES string of the molecule is Cc1n[nH]c(C)c1CN(C)CCC(C)O. The lowest BCUT2D eigenvalue weighted by Gasteiger charge is -2.17. The molecule has 1 heterocycles. The van der Waals surface area contributed by atoms with E-state index in [-0.39, 0.29) is 6.10 Å². The maximum Gasteiger partial charge on any atom is 0.0639 e. The zero-order chi connectivity index (χ0) is 11.4. The summed E-state index contributed by atoms with van der Waals surface area (Å²) in [5, 5.41) is 16.3. The average molecular weight is 211 g/mol. The van der Waals surface area contributed by atoms with Gasteiger partial charge in [0, 0.05) is 24.3 Å². The summed E-state index contributed by atoms with van der Waals surface area (Å²) in [6.45, 7) is 7.67. The second kappa shape index (κ2) is 5.28. The minimum Gasteiger partial charge on any atom is -0.393 e. The van der Waals surface area contributed by atoms with Gasteiger partial charge in [-0.1, -0.05) is 0 Å². The molecule has 15 heavy (non-hydrogen) atoms. The molecule has 0 saturated heterocycles. The van der Waals surface area contributed by atoms with Gasteiger partial charge in [-0.3, -0.25) is 5.10 Å². The van der Waals surface area contributed by atoms with Gasteiger partial charge in [-0.25, -0.2) is 0 Å². The summed E-state index contributed by atoms with van der Waals surface area (Å²) >= 11 is 0. The first-order chi connectivity index (χ1) is 7.00. The van der Waals surface area contributed by atoms with Gasteiger partial charge in [0.25, 0.3) is 0 Å². The van der Waals surface area contributed by atoms with E-state index in [2.05, 4.69) is 22.1 Å². The van der Waals surface area contributed by atoms with Crippen LogP contribution in [0.5, 0.6) is 0 Å². The topological polar surface area (TPSA) is 52.2 Å². The molecule has 4 nitrogen and oxygen atoms in total. The molecule has 86 valence electrons. The lowest BCUT2D eigenvalue weighted by atomic mass is 10.2. The van der Waals surface area contributed by atoms with Crippen molar-refractivity contribution in [1.82, 2.24) is 15.1 Å². The largest absolute Gasteiger partial charge is 0.393 e. The van der Waals surface area contributed by atoms with Gasteiger partial charge >= 0.3 is 0 Å². The third-order valence-corrected chi connectivity index (χ3v) is 2.64. The first-order valence-electron chi connectivity index (χ1n) is 5.37. The van der Waals surface area contributed by atoms with E-state index in [1.54, 1.807) is 0 Å². The third-order valence-electron chi connectivity index (χ3n) is 2.64. The maximum absolute atomic E-state index is 9.19. The van der Waals surface area contributed by atoms with Gasteiger partial charge in [0.15, 0.2) is 0 Å². The molecule has 1 aromatic rings. The van der Waals surface area contributed by atoms with Crippen LogP contribution in [-0.2, 0) is 6.54 Å². The molecule has 1 aromatic heterocycles. The van der Waals surface area contributed by atoms with Crippen LogP contribution in [0.25, 0.3) is 0 Å². The first kappa shape index (κ1) is 12.2. The number of aromatic nitrogens is 2. The second-order valence-corrected chi connectivity index (χ2v) is 4.29. The van der Waals surface area contributed by atoms with Gasteiger partial charge in [0.2, 0.25) is 0 Å². The number of rotatable bonds is 5. The highest BCUT2D eigenvalue weighted by Crippen LogP contribution is 2.11. The summed E-state index contributed by atoms with van der Waals surface area (Å²) in [6.07, 6.45) is 0.589. The quantitative estimate of drug-likeness (QED) is 0.770. The highest BCUT2D eigenvalue weighted by molar-refractivity contribution is 5.22. The molecular weight excluding hydrogens is 190 g/mol. The Balaban J connectivity index is 2.47. The van der Waals surface area contributed by atoms with E-state index in [0.717, 1.165) is 30.9 Å². The lowest BCUT2D eigenvalue weighted by molar-refractivity contribution is 0.163. The zero-order valence-electron chi connectivity index (χ0n) is 10.0. The Hall–Kier alpha value is -0.870. The van der Waals surface area contributed by atoms with Crippen LogP contribution in [-0.4, -0.2) is 39.9 Å². The van der Waals surface area contributed by atoms with Crippen LogP contribution < -0.4 is 0 Å². The fourth-order valence-electron chi connectivity index (χ4n) is 1.56. The van der Waals surface area contributed by atoms with Gasteiger partial charge in [-0.2, -0.15) is 5.10 Å².